The Labute approximate surface area is 113 Å². The SMILES string of the molecule is CN1CC(=O)OB(c2cccc(Br)c2)OC(=O)C1. The summed E-state index contributed by atoms with van der Waals surface area (Å²) in [6, 6.07) is 7.10. The Morgan fingerprint density at radius 1 is 1.22 bits per heavy atom. The van der Waals surface area contributed by atoms with Crippen molar-refractivity contribution in [3.8, 4) is 0 Å². The third kappa shape index (κ3) is 3.33. The second-order valence-electron chi connectivity index (χ2n) is 4.04. The third-order valence-corrected chi connectivity index (χ3v) is 2.89. The summed E-state index contributed by atoms with van der Waals surface area (Å²) in [6.45, 7) is 0.138. The van der Waals surface area contributed by atoms with Crippen LogP contribution in [0.25, 0.3) is 0 Å². The van der Waals surface area contributed by atoms with Crippen molar-refractivity contribution in [3.63, 3.8) is 0 Å². The van der Waals surface area contributed by atoms with Crippen LogP contribution in [0.5, 0.6) is 0 Å². The van der Waals surface area contributed by atoms with Crippen molar-refractivity contribution in [2.45, 2.75) is 0 Å². The molecule has 7 heteroatoms. The molecule has 0 spiro atoms. The van der Waals surface area contributed by atoms with Crippen molar-refractivity contribution in [3.05, 3.63) is 28.7 Å². The van der Waals surface area contributed by atoms with Gasteiger partial charge in [0.2, 0.25) is 0 Å². The fourth-order valence-corrected chi connectivity index (χ4v) is 2.04. The summed E-state index contributed by atoms with van der Waals surface area (Å²) < 4.78 is 11.1. The Morgan fingerprint density at radius 3 is 2.39 bits per heavy atom. The maximum Gasteiger partial charge on any atom is 0.636 e. The highest BCUT2D eigenvalue weighted by molar-refractivity contribution is 9.10. The van der Waals surface area contributed by atoms with Gasteiger partial charge in [-0.15, -0.1) is 0 Å². The molecule has 1 fully saturated rings. The molecule has 0 aromatic heterocycles. The molecule has 1 aliphatic heterocycles. The van der Waals surface area contributed by atoms with Gasteiger partial charge in [0, 0.05) is 9.94 Å². The van der Waals surface area contributed by atoms with Gasteiger partial charge in [-0.05, 0) is 19.2 Å². The molecular weight excluding hydrogens is 301 g/mol. The molecule has 1 aliphatic rings. The van der Waals surface area contributed by atoms with E-state index in [1.807, 2.05) is 6.07 Å². The van der Waals surface area contributed by atoms with E-state index in [0.29, 0.717) is 5.46 Å². The van der Waals surface area contributed by atoms with Gasteiger partial charge in [-0.3, -0.25) is 14.5 Å². The molecule has 94 valence electrons. The number of benzene rings is 1. The largest absolute Gasteiger partial charge is 0.636 e. The predicted molar refractivity (Wildman–Crippen MR) is 69.2 cm³/mol. The monoisotopic (exact) mass is 311 g/mol. The standard InChI is InChI=1S/C11H11BBrNO4/c1-14-6-10(15)17-12(18-11(16)7-14)8-3-2-4-9(13)5-8/h2-5H,6-7H2,1H3. The average molecular weight is 312 g/mol. The van der Waals surface area contributed by atoms with Crippen LogP contribution < -0.4 is 5.46 Å². The zero-order chi connectivity index (χ0) is 13.1. The van der Waals surface area contributed by atoms with Crippen LogP contribution in [0.1, 0.15) is 0 Å². The first-order valence-corrected chi connectivity index (χ1v) is 6.17. The first-order chi connectivity index (χ1) is 8.54. The molecule has 0 aliphatic carbocycles. The van der Waals surface area contributed by atoms with Gasteiger partial charge in [0.1, 0.15) is 0 Å². The van der Waals surface area contributed by atoms with Gasteiger partial charge >= 0.3 is 19.1 Å². The molecule has 5 nitrogen and oxygen atoms in total. The maximum absolute atomic E-state index is 11.6. The summed E-state index contributed by atoms with van der Waals surface area (Å²) in [6.07, 6.45) is 0. The van der Waals surface area contributed by atoms with E-state index in [9.17, 15) is 9.59 Å². The molecule has 0 N–H and O–H groups in total. The van der Waals surface area contributed by atoms with E-state index in [4.69, 9.17) is 9.31 Å². The number of likely N-dealkylation sites (N-methyl/N-ethyl adjacent to an activating group) is 1. The summed E-state index contributed by atoms with van der Waals surface area (Å²) in [7, 11) is 0.679. The van der Waals surface area contributed by atoms with Crippen molar-refractivity contribution < 1.29 is 18.9 Å². The van der Waals surface area contributed by atoms with Crippen LogP contribution >= 0.6 is 15.9 Å². The molecule has 18 heavy (non-hydrogen) atoms. The third-order valence-electron chi connectivity index (χ3n) is 2.40. The van der Waals surface area contributed by atoms with E-state index < -0.39 is 19.1 Å². The molecule has 1 saturated heterocycles. The number of hydrogen-bond acceptors (Lipinski definition) is 5. The summed E-state index contributed by atoms with van der Waals surface area (Å²) in [5, 5.41) is 0. The van der Waals surface area contributed by atoms with Crippen LogP contribution in [0.4, 0.5) is 0 Å². The Hall–Kier alpha value is -1.34. The van der Waals surface area contributed by atoms with Gasteiger partial charge in [0.25, 0.3) is 0 Å². The molecule has 1 aromatic carbocycles. The lowest BCUT2D eigenvalue weighted by atomic mass is 9.78. The Morgan fingerprint density at radius 2 is 1.83 bits per heavy atom. The average Bonchev–Trinajstić information content (AvgIpc) is 2.25. The van der Waals surface area contributed by atoms with Crippen LogP contribution in [-0.4, -0.2) is 44.1 Å². The highest BCUT2D eigenvalue weighted by Gasteiger charge is 2.33. The Bertz CT molecular complexity index is 462. The van der Waals surface area contributed by atoms with Crippen molar-refractivity contribution in [2.75, 3.05) is 20.1 Å². The Balaban J connectivity index is 2.20. The van der Waals surface area contributed by atoms with Crippen LogP contribution in [-0.2, 0) is 18.9 Å². The summed E-state index contributed by atoms with van der Waals surface area (Å²) >= 11 is 3.31. The molecule has 0 radical (unpaired) electrons. The van der Waals surface area contributed by atoms with E-state index >= 15 is 0 Å². The molecule has 0 amide bonds. The molecule has 1 heterocycles. The summed E-state index contributed by atoms with van der Waals surface area (Å²) in [5.74, 6) is -0.843. The first kappa shape index (κ1) is 13.1. The normalized spacial score (nSPS) is 17.8. The van der Waals surface area contributed by atoms with Crippen LogP contribution in [0.2, 0.25) is 0 Å². The second kappa shape index (κ2) is 5.54. The fraction of sp³-hybridized carbons (Fsp3) is 0.273. The second-order valence-corrected chi connectivity index (χ2v) is 4.95. The highest BCUT2D eigenvalue weighted by Crippen LogP contribution is 2.08. The fourth-order valence-electron chi connectivity index (χ4n) is 1.62. The van der Waals surface area contributed by atoms with Crippen LogP contribution in [0.15, 0.2) is 28.7 Å². The lowest BCUT2D eigenvalue weighted by Crippen LogP contribution is -2.47. The number of carbonyl (C=O) groups is 2. The van der Waals surface area contributed by atoms with Gasteiger partial charge in [-0.25, -0.2) is 0 Å². The maximum atomic E-state index is 11.6. The zero-order valence-corrected chi connectivity index (χ0v) is 11.3. The van der Waals surface area contributed by atoms with Crippen molar-refractivity contribution in [1.29, 1.82) is 0 Å². The summed E-state index contributed by atoms with van der Waals surface area (Å²) in [4.78, 5) is 24.7. The number of nitrogens with zero attached hydrogens (tertiary/aromatic N) is 1. The van der Waals surface area contributed by atoms with Gasteiger partial charge < -0.3 is 9.31 Å². The molecule has 0 atom stereocenters. The molecule has 2 rings (SSSR count). The zero-order valence-electron chi connectivity index (χ0n) is 9.76. The van der Waals surface area contributed by atoms with Gasteiger partial charge in [-0.1, -0.05) is 28.1 Å². The quantitative estimate of drug-likeness (QED) is 0.692. The van der Waals surface area contributed by atoms with E-state index in [-0.39, 0.29) is 13.1 Å². The van der Waals surface area contributed by atoms with Gasteiger partial charge in [-0.2, -0.15) is 0 Å². The van der Waals surface area contributed by atoms with Gasteiger partial charge in [0.15, 0.2) is 0 Å². The molecule has 1 aromatic rings. The van der Waals surface area contributed by atoms with E-state index in [1.165, 1.54) is 0 Å². The molecule has 0 bridgehead atoms. The smallest absolute Gasteiger partial charge is 0.494 e. The molecule has 0 unspecified atom stereocenters. The predicted octanol–water partition coefficient (Wildman–Crippen LogP) is 0.176. The van der Waals surface area contributed by atoms with Crippen molar-refractivity contribution in [1.82, 2.24) is 4.90 Å². The number of carbonyl (C=O) groups excluding carboxylic acids is 2. The lowest BCUT2D eigenvalue weighted by molar-refractivity contribution is -0.145. The molecular formula is C11H11BBrNO4. The molecule has 0 saturated carbocycles. The highest BCUT2D eigenvalue weighted by atomic mass is 79.9. The topological polar surface area (TPSA) is 55.8 Å². The number of hydrogen-bond donors (Lipinski definition) is 0. The van der Waals surface area contributed by atoms with E-state index in [2.05, 4.69) is 15.9 Å². The van der Waals surface area contributed by atoms with Gasteiger partial charge in [0.05, 0.1) is 13.1 Å². The minimum Gasteiger partial charge on any atom is -0.494 e. The Kier molecular flexibility index (Phi) is 4.03. The minimum atomic E-state index is -0.976. The van der Waals surface area contributed by atoms with E-state index in [0.717, 1.165) is 4.47 Å². The van der Waals surface area contributed by atoms with Crippen molar-refractivity contribution in [2.24, 2.45) is 0 Å². The van der Waals surface area contributed by atoms with E-state index in [1.54, 1.807) is 30.1 Å². The minimum absolute atomic E-state index is 0.0691. The van der Waals surface area contributed by atoms with Crippen molar-refractivity contribution >= 4 is 40.4 Å². The summed E-state index contributed by atoms with van der Waals surface area (Å²) in [5.41, 5.74) is 0.621. The lowest BCUT2D eigenvalue weighted by Gasteiger charge is -2.22. The van der Waals surface area contributed by atoms with Crippen LogP contribution in [0.3, 0.4) is 0 Å². The number of rotatable bonds is 1. The number of halogens is 1. The first-order valence-electron chi connectivity index (χ1n) is 5.37. The van der Waals surface area contributed by atoms with Crippen LogP contribution in [0, 0.1) is 0 Å².